The average molecular weight is 404 g/mol. The van der Waals surface area contributed by atoms with Crippen molar-refractivity contribution in [2.24, 2.45) is 0 Å². The fourth-order valence-electron chi connectivity index (χ4n) is 1.21. The molecule has 0 atom stereocenters. The molecule has 1 aromatic carbocycles. The van der Waals surface area contributed by atoms with Crippen LogP contribution in [0.2, 0.25) is 5.02 Å². The molecule has 0 aliphatic heterocycles. The zero-order chi connectivity index (χ0) is 14.4. The smallest absolute Gasteiger partial charge is 0.369 e. The molecule has 0 fully saturated rings. The summed E-state index contributed by atoms with van der Waals surface area (Å²) in [7, 11) is 0. The molecule has 0 spiro atoms. The van der Waals surface area contributed by atoms with Crippen molar-refractivity contribution >= 4 is 34.2 Å². The van der Waals surface area contributed by atoms with Crippen LogP contribution in [0.25, 0.3) is 0 Å². The van der Waals surface area contributed by atoms with Crippen molar-refractivity contribution in [2.75, 3.05) is 0 Å². The van der Waals surface area contributed by atoms with Gasteiger partial charge in [0, 0.05) is 9.13 Å². The van der Waals surface area contributed by atoms with E-state index in [9.17, 15) is 26.3 Å². The maximum absolute atomic E-state index is 12.5. The molecule has 1 rings (SSSR count). The lowest BCUT2D eigenvalue weighted by atomic mass is 9.92. The van der Waals surface area contributed by atoms with Crippen molar-refractivity contribution in [1.82, 2.24) is 0 Å². The molecule has 1 aromatic rings. The van der Waals surface area contributed by atoms with Crippen LogP contribution in [0.15, 0.2) is 18.2 Å². The van der Waals surface area contributed by atoms with Gasteiger partial charge in [0.25, 0.3) is 5.60 Å². The highest BCUT2D eigenvalue weighted by Gasteiger charge is 2.71. The first kappa shape index (κ1) is 15.8. The predicted molar refractivity (Wildman–Crippen MR) is 60.2 cm³/mol. The van der Waals surface area contributed by atoms with Gasteiger partial charge in [0.1, 0.15) is 0 Å². The van der Waals surface area contributed by atoms with E-state index in [1.807, 2.05) is 0 Å². The van der Waals surface area contributed by atoms with Crippen molar-refractivity contribution in [3.05, 3.63) is 32.4 Å². The lowest BCUT2D eigenvalue weighted by Crippen LogP contribution is -2.53. The van der Waals surface area contributed by atoms with Gasteiger partial charge >= 0.3 is 12.4 Å². The summed E-state index contributed by atoms with van der Waals surface area (Å²) in [5.74, 6) is 0. The van der Waals surface area contributed by atoms with Crippen LogP contribution < -0.4 is 0 Å². The number of alkyl halides is 6. The Morgan fingerprint density at radius 2 is 1.44 bits per heavy atom. The first-order valence-electron chi connectivity index (χ1n) is 4.22. The molecular weight excluding hydrogens is 400 g/mol. The molecule has 1 N–H and O–H groups in total. The zero-order valence-electron chi connectivity index (χ0n) is 8.20. The van der Waals surface area contributed by atoms with Crippen molar-refractivity contribution < 1.29 is 31.4 Å². The number of aliphatic hydroxyl groups is 1. The standard InChI is InChI=1S/C9H4ClF6IO/c10-5-3-4(1-2-6(5)17)7(18,8(11,12)13)9(14,15)16/h1-3,18H. The summed E-state index contributed by atoms with van der Waals surface area (Å²) in [5, 5.41) is 8.75. The Morgan fingerprint density at radius 3 is 1.78 bits per heavy atom. The van der Waals surface area contributed by atoms with Crippen LogP contribution in [0.4, 0.5) is 26.3 Å². The van der Waals surface area contributed by atoms with Gasteiger partial charge in [-0.1, -0.05) is 17.7 Å². The van der Waals surface area contributed by atoms with E-state index in [1.54, 1.807) is 22.6 Å². The van der Waals surface area contributed by atoms with Gasteiger partial charge in [-0.15, -0.1) is 0 Å². The van der Waals surface area contributed by atoms with Crippen LogP contribution in [0.1, 0.15) is 5.56 Å². The lowest BCUT2D eigenvalue weighted by molar-refractivity contribution is -0.376. The minimum Gasteiger partial charge on any atom is -0.369 e. The van der Waals surface area contributed by atoms with E-state index >= 15 is 0 Å². The van der Waals surface area contributed by atoms with E-state index in [0.717, 1.165) is 6.07 Å². The Bertz CT molecular complexity index is 441. The van der Waals surface area contributed by atoms with E-state index < -0.39 is 23.5 Å². The second kappa shape index (κ2) is 4.71. The first-order chi connectivity index (χ1) is 7.91. The van der Waals surface area contributed by atoms with Gasteiger partial charge in [-0.25, -0.2) is 0 Å². The molecule has 0 aliphatic rings. The van der Waals surface area contributed by atoms with E-state index in [4.69, 9.17) is 16.7 Å². The summed E-state index contributed by atoms with van der Waals surface area (Å²) in [4.78, 5) is 0. The summed E-state index contributed by atoms with van der Waals surface area (Å²) < 4.78 is 75.3. The largest absolute Gasteiger partial charge is 0.430 e. The fraction of sp³-hybridized carbons (Fsp3) is 0.333. The molecule has 0 bridgehead atoms. The first-order valence-corrected chi connectivity index (χ1v) is 5.68. The second-order valence-electron chi connectivity index (χ2n) is 3.33. The summed E-state index contributed by atoms with van der Waals surface area (Å²) in [6, 6.07) is 1.94. The molecule has 18 heavy (non-hydrogen) atoms. The van der Waals surface area contributed by atoms with E-state index in [1.165, 1.54) is 0 Å². The maximum Gasteiger partial charge on any atom is 0.430 e. The van der Waals surface area contributed by atoms with Crippen molar-refractivity contribution in [3.8, 4) is 0 Å². The van der Waals surface area contributed by atoms with Crippen LogP contribution in [-0.2, 0) is 5.60 Å². The Hall–Kier alpha value is -0.220. The third kappa shape index (κ3) is 2.55. The highest BCUT2D eigenvalue weighted by Crippen LogP contribution is 2.50. The van der Waals surface area contributed by atoms with E-state index in [-0.39, 0.29) is 8.59 Å². The van der Waals surface area contributed by atoms with Crippen molar-refractivity contribution in [2.45, 2.75) is 18.0 Å². The second-order valence-corrected chi connectivity index (χ2v) is 4.90. The highest BCUT2D eigenvalue weighted by atomic mass is 127. The van der Waals surface area contributed by atoms with Crippen LogP contribution in [-0.4, -0.2) is 17.5 Å². The van der Waals surface area contributed by atoms with E-state index in [0.29, 0.717) is 12.1 Å². The molecule has 0 unspecified atom stereocenters. The minimum atomic E-state index is -5.90. The minimum absolute atomic E-state index is 0.268. The van der Waals surface area contributed by atoms with Gasteiger partial charge in [0.2, 0.25) is 0 Å². The molecule has 0 heterocycles. The molecular formula is C9H4ClF6IO. The molecule has 0 radical (unpaired) electrons. The zero-order valence-corrected chi connectivity index (χ0v) is 11.1. The Kier molecular flexibility index (Phi) is 4.15. The van der Waals surface area contributed by atoms with Gasteiger partial charge in [0.15, 0.2) is 0 Å². The van der Waals surface area contributed by atoms with Gasteiger partial charge in [-0.2, -0.15) is 26.3 Å². The van der Waals surface area contributed by atoms with Crippen LogP contribution in [0.3, 0.4) is 0 Å². The number of halogens is 8. The van der Waals surface area contributed by atoms with Crippen LogP contribution in [0, 0.1) is 3.57 Å². The molecule has 0 aromatic heterocycles. The molecule has 0 aliphatic carbocycles. The van der Waals surface area contributed by atoms with Gasteiger partial charge in [-0.3, -0.25) is 0 Å². The molecule has 102 valence electrons. The molecule has 1 nitrogen and oxygen atoms in total. The maximum atomic E-state index is 12.5. The number of benzene rings is 1. The number of rotatable bonds is 1. The van der Waals surface area contributed by atoms with Crippen LogP contribution >= 0.6 is 34.2 Å². The van der Waals surface area contributed by atoms with E-state index in [2.05, 4.69) is 0 Å². The molecule has 9 heteroatoms. The normalized spacial score (nSPS) is 13.8. The summed E-state index contributed by atoms with van der Waals surface area (Å²) in [5.41, 5.74) is -6.30. The lowest BCUT2D eigenvalue weighted by Gasteiger charge is -2.32. The third-order valence-corrected chi connectivity index (χ3v) is 3.73. The Labute approximate surface area is 116 Å². The quantitative estimate of drug-likeness (QED) is 0.548. The summed E-state index contributed by atoms with van der Waals surface area (Å²) in [6.45, 7) is 0. The average Bonchev–Trinajstić information content (AvgIpc) is 2.17. The monoisotopic (exact) mass is 404 g/mol. The SMILES string of the molecule is OC(c1ccc(I)c(Cl)c1)(C(F)(F)F)C(F)(F)F. The summed E-state index contributed by atoms with van der Waals surface area (Å²) in [6.07, 6.45) is -11.8. The highest BCUT2D eigenvalue weighted by molar-refractivity contribution is 14.1. The van der Waals surface area contributed by atoms with Crippen LogP contribution in [0.5, 0.6) is 0 Å². The predicted octanol–water partition coefficient (Wildman–Crippen LogP) is 4.26. The summed E-state index contributed by atoms with van der Waals surface area (Å²) >= 11 is 7.10. The van der Waals surface area contributed by atoms with Gasteiger partial charge < -0.3 is 5.11 Å². The number of hydrogen-bond acceptors (Lipinski definition) is 1. The Balaban J connectivity index is 3.51. The fourth-order valence-corrected chi connectivity index (χ4v) is 1.73. The third-order valence-electron chi connectivity index (χ3n) is 2.16. The Morgan fingerprint density at radius 1 is 1.00 bits per heavy atom. The molecule has 0 saturated heterocycles. The molecule has 0 amide bonds. The topological polar surface area (TPSA) is 20.2 Å². The van der Waals surface area contributed by atoms with Gasteiger partial charge in [-0.05, 0) is 34.7 Å². The number of hydrogen-bond donors (Lipinski definition) is 1. The molecule has 0 saturated carbocycles. The van der Waals surface area contributed by atoms with Crippen molar-refractivity contribution in [3.63, 3.8) is 0 Å². The van der Waals surface area contributed by atoms with Crippen molar-refractivity contribution in [1.29, 1.82) is 0 Å². The van der Waals surface area contributed by atoms with Gasteiger partial charge in [0.05, 0.1) is 5.02 Å².